The molecule has 22 heavy (non-hydrogen) atoms. The van der Waals surface area contributed by atoms with E-state index in [2.05, 4.69) is 10.3 Å². The van der Waals surface area contributed by atoms with Gasteiger partial charge in [0.2, 0.25) is 0 Å². The molecule has 0 spiro atoms. The summed E-state index contributed by atoms with van der Waals surface area (Å²) in [6.07, 6.45) is 5.48. The van der Waals surface area contributed by atoms with Crippen molar-refractivity contribution in [2.24, 2.45) is 11.8 Å². The maximum atomic E-state index is 12.7. The van der Waals surface area contributed by atoms with E-state index >= 15 is 0 Å². The molecule has 2 aliphatic rings. The number of amides is 1. The summed E-state index contributed by atoms with van der Waals surface area (Å²) in [5, 5.41) is 6.16. The molecule has 2 aromatic rings. The summed E-state index contributed by atoms with van der Waals surface area (Å²) in [7, 11) is 0. The highest BCUT2D eigenvalue weighted by Gasteiger charge is 2.32. The maximum absolute atomic E-state index is 12.7. The lowest BCUT2D eigenvalue weighted by Crippen LogP contribution is -2.33. The third kappa shape index (κ3) is 2.57. The number of aromatic nitrogens is 1. The molecule has 1 amide bonds. The Morgan fingerprint density at radius 1 is 1.32 bits per heavy atom. The molecule has 5 nitrogen and oxygen atoms in total. The Labute approximate surface area is 133 Å². The summed E-state index contributed by atoms with van der Waals surface area (Å²) in [6, 6.07) is 1.87. The fourth-order valence-corrected chi connectivity index (χ4v) is 4.25. The zero-order valence-electron chi connectivity index (χ0n) is 12.3. The molecule has 2 fully saturated rings. The van der Waals surface area contributed by atoms with Crippen LogP contribution < -0.4 is 5.32 Å². The lowest BCUT2D eigenvalue weighted by atomic mass is 9.92. The Morgan fingerprint density at radius 3 is 2.77 bits per heavy atom. The second-order valence-electron chi connectivity index (χ2n) is 6.10. The molecular weight excluding hydrogens is 298 g/mol. The van der Waals surface area contributed by atoms with Crippen LogP contribution in [-0.4, -0.2) is 42.0 Å². The molecule has 2 saturated heterocycles. The fraction of sp³-hybridized carbons (Fsp3) is 0.500. The Morgan fingerprint density at radius 2 is 2.09 bits per heavy atom. The van der Waals surface area contributed by atoms with Crippen LogP contribution in [-0.2, 0) is 0 Å². The molecule has 0 saturated carbocycles. The highest BCUT2D eigenvalue weighted by molar-refractivity contribution is 7.13. The number of carbonyl (C=O) groups excluding carboxylic acids is 1. The number of furan rings is 1. The third-order valence-corrected chi connectivity index (χ3v) is 5.69. The van der Waals surface area contributed by atoms with E-state index in [1.807, 2.05) is 16.3 Å². The second kappa shape index (κ2) is 5.85. The molecule has 0 bridgehead atoms. The van der Waals surface area contributed by atoms with Gasteiger partial charge in [-0.1, -0.05) is 0 Å². The lowest BCUT2D eigenvalue weighted by Gasteiger charge is -2.19. The predicted molar refractivity (Wildman–Crippen MR) is 84.8 cm³/mol. The largest absolute Gasteiger partial charge is 0.472 e. The van der Waals surface area contributed by atoms with E-state index < -0.39 is 0 Å². The van der Waals surface area contributed by atoms with Crippen molar-refractivity contribution in [1.29, 1.82) is 0 Å². The molecule has 0 unspecified atom stereocenters. The van der Waals surface area contributed by atoms with Gasteiger partial charge in [0.05, 0.1) is 6.26 Å². The Kier molecular flexibility index (Phi) is 3.72. The fourth-order valence-electron chi connectivity index (χ4n) is 3.47. The molecule has 0 radical (unpaired) electrons. The Bertz CT molecular complexity index is 638. The van der Waals surface area contributed by atoms with E-state index in [0.717, 1.165) is 61.4 Å². The minimum atomic E-state index is 0.0685. The minimum Gasteiger partial charge on any atom is -0.472 e. The van der Waals surface area contributed by atoms with Gasteiger partial charge in [0.15, 0.2) is 0 Å². The number of rotatable bonds is 2. The van der Waals surface area contributed by atoms with Crippen LogP contribution in [0.1, 0.15) is 23.3 Å². The van der Waals surface area contributed by atoms with Gasteiger partial charge in [-0.05, 0) is 43.8 Å². The number of nitrogens with one attached hydrogen (secondary N) is 1. The molecule has 1 N–H and O–H groups in total. The molecule has 4 heterocycles. The number of likely N-dealkylation sites (tertiary alicyclic amines) is 1. The summed E-state index contributed by atoms with van der Waals surface area (Å²) in [5.41, 5.74) is 1.49. The smallest absolute Gasteiger partial charge is 0.273 e. The zero-order valence-corrected chi connectivity index (χ0v) is 13.1. The number of carbonyl (C=O) groups is 1. The van der Waals surface area contributed by atoms with Gasteiger partial charge in [-0.2, -0.15) is 0 Å². The second-order valence-corrected chi connectivity index (χ2v) is 6.96. The summed E-state index contributed by atoms with van der Waals surface area (Å²) in [4.78, 5) is 19.2. The van der Waals surface area contributed by atoms with Gasteiger partial charge in [0, 0.05) is 24.0 Å². The first-order valence-corrected chi connectivity index (χ1v) is 8.67. The first kappa shape index (κ1) is 14.0. The van der Waals surface area contributed by atoms with Crippen LogP contribution in [0, 0.1) is 11.8 Å². The zero-order chi connectivity index (χ0) is 14.9. The molecule has 2 aliphatic heterocycles. The normalized spacial score (nSPS) is 25.0. The van der Waals surface area contributed by atoms with Crippen LogP contribution in [0.15, 0.2) is 28.4 Å². The van der Waals surface area contributed by atoms with Crippen molar-refractivity contribution in [2.75, 3.05) is 26.2 Å². The third-order valence-electron chi connectivity index (χ3n) is 4.80. The van der Waals surface area contributed by atoms with Crippen LogP contribution in [0.2, 0.25) is 0 Å². The van der Waals surface area contributed by atoms with Crippen molar-refractivity contribution >= 4 is 17.2 Å². The van der Waals surface area contributed by atoms with Crippen LogP contribution in [0.25, 0.3) is 10.6 Å². The van der Waals surface area contributed by atoms with Gasteiger partial charge in [0.1, 0.15) is 17.0 Å². The van der Waals surface area contributed by atoms with Crippen molar-refractivity contribution in [1.82, 2.24) is 15.2 Å². The van der Waals surface area contributed by atoms with Crippen molar-refractivity contribution < 1.29 is 9.21 Å². The van der Waals surface area contributed by atoms with E-state index in [-0.39, 0.29) is 5.91 Å². The number of nitrogens with zero attached hydrogens (tertiary/aromatic N) is 2. The topological polar surface area (TPSA) is 58.4 Å². The van der Waals surface area contributed by atoms with Gasteiger partial charge in [-0.3, -0.25) is 4.79 Å². The number of hydrogen-bond donors (Lipinski definition) is 1. The van der Waals surface area contributed by atoms with E-state index in [9.17, 15) is 4.79 Å². The van der Waals surface area contributed by atoms with Crippen molar-refractivity contribution in [3.8, 4) is 10.6 Å². The van der Waals surface area contributed by atoms with Gasteiger partial charge < -0.3 is 14.6 Å². The van der Waals surface area contributed by atoms with E-state index in [4.69, 9.17) is 4.42 Å². The summed E-state index contributed by atoms with van der Waals surface area (Å²) in [6.45, 7) is 3.91. The van der Waals surface area contributed by atoms with Crippen molar-refractivity contribution in [3.63, 3.8) is 0 Å². The van der Waals surface area contributed by atoms with Crippen molar-refractivity contribution in [3.05, 3.63) is 29.7 Å². The minimum absolute atomic E-state index is 0.0685. The van der Waals surface area contributed by atoms with Crippen LogP contribution in [0.3, 0.4) is 0 Å². The summed E-state index contributed by atoms with van der Waals surface area (Å²) >= 11 is 1.49. The highest BCUT2D eigenvalue weighted by Crippen LogP contribution is 2.29. The SMILES string of the molecule is O=C(c1csc(-c2ccoc2)n1)N1CC[C@@H]2CNC[C@@H]2CC1. The maximum Gasteiger partial charge on any atom is 0.273 e. The first-order valence-electron chi connectivity index (χ1n) is 7.79. The summed E-state index contributed by atoms with van der Waals surface area (Å²) in [5.74, 6) is 1.53. The van der Waals surface area contributed by atoms with Gasteiger partial charge >= 0.3 is 0 Å². The number of hydrogen-bond acceptors (Lipinski definition) is 5. The molecule has 4 rings (SSSR count). The molecule has 2 atom stereocenters. The average molecular weight is 317 g/mol. The van der Waals surface area contributed by atoms with Crippen LogP contribution in [0.4, 0.5) is 0 Å². The molecule has 116 valence electrons. The van der Waals surface area contributed by atoms with Crippen LogP contribution >= 0.6 is 11.3 Å². The quantitative estimate of drug-likeness (QED) is 0.924. The first-order chi connectivity index (χ1) is 10.8. The standard InChI is InChI=1S/C16H19N3O2S/c20-16(14-10-22-15(18-14)13-3-6-21-9-13)19-4-1-11-7-17-8-12(11)2-5-19/h3,6,9-12,17H,1-2,4-5,7-8H2/t11-,12+. The van der Waals surface area contributed by atoms with Gasteiger partial charge in [-0.25, -0.2) is 4.98 Å². The lowest BCUT2D eigenvalue weighted by molar-refractivity contribution is 0.0753. The van der Waals surface area contributed by atoms with E-state index in [1.54, 1.807) is 12.5 Å². The molecule has 6 heteroatoms. The predicted octanol–water partition coefficient (Wildman–Crippen LogP) is 2.47. The monoisotopic (exact) mass is 317 g/mol. The van der Waals surface area contributed by atoms with E-state index in [0.29, 0.717) is 5.69 Å². The molecule has 0 aromatic carbocycles. The Hall–Kier alpha value is -1.66. The highest BCUT2D eigenvalue weighted by atomic mass is 32.1. The summed E-state index contributed by atoms with van der Waals surface area (Å²) < 4.78 is 5.08. The van der Waals surface area contributed by atoms with Gasteiger partial charge in [-0.15, -0.1) is 11.3 Å². The van der Waals surface area contributed by atoms with Crippen LogP contribution in [0.5, 0.6) is 0 Å². The molecule has 2 aromatic heterocycles. The average Bonchev–Trinajstić information content (AvgIpc) is 3.26. The number of fused-ring (bicyclic) bond motifs is 1. The Balaban J connectivity index is 1.47. The van der Waals surface area contributed by atoms with Crippen molar-refractivity contribution in [2.45, 2.75) is 12.8 Å². The molecular formula is C16H19N3O2S. The van der Waals surface area contributed by atoms with Gasteiger partial charge in [0.25, 0.3) is 5.91 Å². The number of thiazole rings is 1. The van der Waals surface area contributed by atoms with E-state index in [1.165, 1.54) is 11.3 Å². The molecule has 0 aliphatic carbocycles.